The average molecular weight is 142 g/mol. The van der Waals surface area contributed by atoms with Crippen LogP contribution in [0.3, 0.4) is 0 Å². The number of aliphatic hydroxyl groups excluding tert-OH is 1. The summed E-state index contributed by atoms with van der Waals surface area (Å²) >= 11 is 0. The molecule has 0 aromatic carbocycles. The number of ketones is 1. The number of hydrogen-bond donors (Lipinski definition) is 1. The number of rotatable bonds is 0. The molecule has 0 spiro atoms. The molecule has 0 amide bonds. The van der Waals surface area contributed by atoms with Crippen LogP contribution in [-0.4, -0.2) is 17.0 Å². The fraction of sp³-hybridized carbons (Fsp3) is 0.875. The summed E-state index contributed by atoms with van der Waals surface area (Å²) in [7, 11) is 0. The predicted molar refractivity (Wildman–Crippen MR) is 38.6 cm³/mol. The van der Waals surface area contributed by atoms with Crippen molar-refractivity contribution in [2.24, 2.45) is 11.8 Å². The highest BCUT2D eigenvalue weighted by atomic mass is 16.3. The fourth-order valence-corrected chi connectivity index (χ4v) is 1.43. The first-order chi connectivity index (χ1) is 4.61. The van der Waals surface area contributed by atoms with Crippen LogP contribution in [0.25, 0.3) is 0 Å². The smallest absolute Gasteiger partial charge is 0.135 e. The summed E-state index contributed by atoms with van der Waals surface area (Å²) in [5, 5.41) is 9.30. The Morgan fingerprint density at radius 3 is 2.50 bits per heavy atom. The number of carbonyl (C=O) groups excluding carboxylic acids is 1. The van der Waals surface area contributed by atoms with Gasteiger partial charge in [-0.2, -0.15) is 0 Å². The molecule has 3 unspecified atom stereocenters. The molecule has 0 aromatic rings. The first kappa shape index (κ1) is 7.73. The van der Waals surface area contributed by atoms with Gasteiger partial charge in [0.2, 0.25) is 0 Å². The second kappa shape index (κ2) is 2.70. The summed E-state index contributed by atoms with van der Waals surface area (Å²) in [6.45, 7) is 4.02. The molecule has 3 atom stereocenters. The van der Waals surface area contributed by atoms with Gasteiger partial charge in [-0.25, -0.2) is 0 Å². The number of aliphatic hydroxyl groups is 1. The van der Waals surface area contributed by atoms with Crippen molar-refractivity contribution in [3.63, 3.8) is 0 Å². The highest BCUT2D eigenvalue weighted by Crippen LogP contribution is 2.26. The Kier molecular flexibility index (Phi) is 2.09. The molecule has 0 saturated heterocycles. The molecule has 58 valence electrons. The van der Waals surface area contributed by atoms with E-state index in [1.54, 1.807) is 0 Å². The van der Waals surface area contributed by atoms with E-state index in [1.165, 1.54) is 0 Å². The third-order valence-electron chi connectivity index (χ3n) is 2.49. The molecule has 0 bridgehead atoms. The van der Waals surface area contributed by atoms with Crippen molar-refractivity contribution in [2.75, 3.05) is 0 Å². The molecule has 0 heterocycles. The highest BCUT2D eigenvalue weighted by Gasteiger charge is 2.29. The van der Waals surface area contributed by atoms with Crippen LogP contribution in [0.4, 0.5) is 0 Å². The number of Topliss-reactive ketones (excluding diaryl/α,β-unsaturated/α-hetero) is 1. The average Bonchev–Trinajstić information content (AvgIpc) is 1.82. The van der Waals surface area contributed by atoms with Crippen molar-refractivity contribution in [3.8, 4) is 0 Å². The summed E-state index contributed by atoms with van der Waals surface area (Å²) in [4.78, 5) is 10.9. The maximum atomic E-state index is 10.9. The largest absolute Gasteiger partial charge is 0.392 e. The van der Waals surface area contributed by atoms with E-state index < -0.39 is 6.10 Å². The summed E-state index contributed by atoms with van der Waals surface area (Å²) in [6.07, 6.45) is 0.625. The quantitative estimate of drug-likeness (QED) is 0.547. The Hall–Kier alpha value is -0.370. The van der Waals surface area contributed by atoms with Gasteiger partial charge in [0.05, 0.1) is 6.10 Å². The minimum atomic E-state index is -0.392. The van der Waals surface area contributed by atoms with Gasteiger partial charge in [0, 0.05) is 12.8 Å². The Morgan fingerprint density at radius 1 is 1.40 bits per heavy atom. The van der Waals surface area contributed by atoms with Crippen molar-refractivity contribution >= 4 is 5.78 Å². The maximum absolute atomic E-state index is 10.9. The van der Waals surface area contributed by atoms with Gasteiger partial charge in [-0.05, 0) is 11.8 Å². The first-order valence-corrected chi connectivity index (χ1v) is 3.81. The molecule has 1 rings (SSSR count). The van der Waals surface area contributed by atoms with E-state index in [0.717, 1.165) is 0 Å². The van der Waals surface area contributed by atoms with Crippen LogP contribution < -0.4 is 0 Å². The third-order valence-corrected chi connectivity index (χ3v) is 2.49. The van der Waals surface area contributed by atoms with Crippen molar-refractivity contribution in [3.05, 3.63) is 0 Å². The summed E-state index contributed by atoms with van der Waals surface area (Å²) in [5.41, 5.74) is 0. The van der Waals surface area contributed by atoms with Gasteiger partial charge in [0.25, 0.3) is 0 Å². The van der Waals surface area contributed by atoms with Crippen LogP contribution in [0.15, 0.2) is 0 Å². The monoisotopic (exact) mass is 142 g/mol. The van der Waals surface area contributed by atoms with Gasteiger partial charge >= 0.3 is 0 Å². The molecule has 1 fully saturated rings. The minimum Gasteiger partial charge on any atom is -0.392 e. The lowest BCUT2D eigenvalue weighted by Crippen LogP contribution is -2.33. The molecule has 0 radical (unpaired) electrons. The lowest BCUT2D eigenvalue weighted by Gasteiger charge is -2.29. The van der Waals surface area contributed by atoms with E-state index in [0.29, 0.717) is 18.8 Å². The van der Waals surface area contributed by atoms with Gasteiger partial charge in [0.15, 0.2) is 0 Å². The lowest BCUT2D eigenvalue weighted by molar-refractivity contribution is -0.126. The normalized spacial score (nSPS) is 41.9. The van der Waals surface area contributed by atoms with Gasteiger partial charge in [-0.1, -0.05) is 13.8 Å². The maximum Gasteiger partial charge on any atom is 0.135 e. The molecule has 1 saturated carbocycles. The van der Waals surface area contributed by atoms with Gasteiger partial charge < -0.3 is 5.11 Å². The molecule has 1 aliphatic rings. The zero-order chi connectivity index (χ0) is 7.72. The molecule has 0 aromatic heterocycles. The molecule has 2 nitrogen and oxygen atoms in total. The summed E-state index contributed by atoms with van der Waals surface area (Å²) < 4.78 is 0. The fourth-order valence-electron chi connectivity index (χ4n) is 1.43. The van der Waals surface area contributed by atoms with E-state index in [-0.39, 0.29) is 11.7 Å². The molecule has 1 aliphatic carbocycles. The molecule has 0 aliphatic heterocycles. The van der Waals surface area contributed by atoms with Crippen LogP contribution in [0, 0.1) is 11.8 Å². The Labute approximate surface area is 61.2 Å². The van der Waals surface area contributed by atoms with E-state index in [4.69, 9.17) is 0 Å². The second-order valence-electron chi connectivity index (χ2n) is 3.35. The van der Waals surface area contributed by atoms with Gasteiger partial charge in [0.1, 0.15) is 5.78 Å². The lowest BCUT2D eigenvalue weighted by atomic mass is 9.79. The Bertz CT molecular complexity index is 128. The van der Waals surface area contributed by atoms with Crippen LogP contribution in [0.1, 0.15) is 26.7 Å². The van der Waals surface area contributed by atoms with Gasteiger partial charge in [-0.3, -0.25) is 4.79 Å². The SMILES string of the molecule is CC1CC(=O)CC(O)C1C. The van der Waals surface area contributed by atoms with E-state index in [1.807, 2.05) is 13.8 Å². The van der Waals surface area contributed by atoms with Crippen LogP contribution >= 0.6 is 0 Å². The zero-order valence-corrected chi connectivity index (χ0v) is 6.50. The topological polar surface area (TPSA) is 37.3 Å². The number of carbonyl (C=O) groups is 1. The Morgan fingerprint density at radius 2 is 2.00 bits per heavy atom. The van der Waals surface area contributed by atoms with E-state index in [9.17, 15) is 9.90 Å². The second-order valence-corrected chi connectivity index (χ2v) is 3.35. The summed E-state index contributed by atoms with van der Waals surface area (Å²) in [5.74, 6) is 0.854. The first-order valence-electron chi connectivity index (χ1n) is 3.81. The zero-order valence-electron chi connectivity index (χ0n) is 6.50. The van der Waals surface area contributed by atoms with E-state index >= 15 is 0 Å². The van der Waals surface area contributed by atoms with Crippen LogP contribution in [0.2, 0.25) is 0 Å². The summed E-state index contributed by atoms with van der Waals surface area (Å²) in [6, 6.07) is 0. The molecule has 2 heteroatoms. The molecular formula is C8H14O2. The standard InChI is InChI=1S/C8H14O2/c1-5-3-7(9)4-8(10)6(5)2/h5-6,8,10H,3-4H2,1-2H3. The molecule has 10 heavy (non-hydrogen) atoms. The molecular weight excluding hydrogens is 128 g/mol. The highest BCUT2D eigenvalue weighted by molar-refractivity contribution is 5.80. The van der Waals surface area contributed by atoms with Crippen LogP contribution in [0.5, 0.6) is 0 Å². The molecule has 1 N–H and O–H groups in total. The van der Waals surface area contributed by atoms with Crippen molar-refractivity contribution in [1.82, 2.24) is 0 Å². The number of hydrogen-bond acceptors (Lipinski definition) is 2. The van der Waals surface area contributed by atoms with Crippen molar-refractivity contribution < 1.29 is 9.90 Å². The Balaban J connectivity index is 2.57. The minimum absolute atomic E-state index is 0.207. The van der Waals surface area contributed by atoms with Crippen molar-refractivity contribution in [1.29, 1.82) is 0 Å². The van der Waals surface area contributed by atoms with Crippen LogP contribution in [-0.2, 0) is 4.79 Å². The van der Waals surface area contributed by atoms with Crippen molar-refractivity contribution in [2.45, 2.75) is 32.8 Å². The van der Waals surface area contributed by atoms with E-state index in [2.05, 4.69) is 0 Å². The predicted octanol–water partition coefficient (Wildman–Crippen LogP) is 0.982. The third kappa shape index (κ3) is 1.37. The van der Waals surface area contributed by atoms with Gasteiger partial charge in [-0.15, -0.1) is 0 Å².